The van der Waals surface area contributed by atoms with Crippen molar-refractivity contribution in [2.24, 2.45) is 5.73 Å². The average molecular weight is 153 g/mol. The van der Waals surface area contributed by atoms with E-state index in [0.717, 1.165) is 11.5 Å². The lowest BCUT2D eigenvalue weighted by Crippen LogP contribution is -2.11. The first-order valence-corrected chi connectivity index (χ1v) is 3.47. The lowest BCUT2D eigenvalue weighted by molar-refractivity contribution is -0.118. The van der Waals surface area contributed by atoms with Gasteiger partial charge in [0.25, 0.3) is 0 Å². The molecule has 4 nitrogen and oxygen atoms in total. The zero-order chi connectivity index (χ0) is 8.27. The Morgan fingerprint density at radius 1 is 1.82 bits per heavy atom. The molecule has 0 radical (unpaired) electrons. The van der Waals surface area contributed by atoms with E-state index in [1.165, 1.54) is 0 Å². The molecule has 0 aliphatic heterocycles. The summed E-state index contributed by atoms with van der Waals surface area (Å²) in [5.74, 6) is 0.528. The monoisotopic (exact) mass is 153 g/mol. The van der Waals surface area contributed by atoms with Gasteiger partial charge >= 0.3 is 0 Å². The third-order valence-corrected chi connectivity index (χ3v) is 1.36. The first-order chi connectivity index (χ1) is 5.18. The SMILES string of the molecule is Cc1cnc(CCC(N)=O)[nH]1. The maximum absolute atomic E-state index is 10.4. The number of carbonyl (C=O) groups is 1. The molecule has 0 spiro atoms. The van der Waals surface area contributed by atoms with E-state index in [9.17, 15) is 4.79 Å². The number of H-pyrrole nitrogens is 1. The summed E-state index contributed by atoms with van der Waals surface area (Å²) < 4.78 is 0. The van der Waals surface area contributed by atoms with E-state index in [0.29, 0.717) is 12.8 Å². The zero-order valence-corrected chi connectivity index (χ0v) is 6.42. The van der Waals surface area contributed by atoms with E-state index >= 15 is 0 Å². The Hall–Kier alpha value is -1.32. The molecular formula is C7H11N3O. The van der Waals surface area contributed by atoms with E-state index in [4.69, 9.17) is 5.73 Å². The van der Waals surface area contributed by atoms with Gasteiger partial charge in [-0.25, -0.2) is 4.98 Å². The van der Waals surface area contributed by atoms with Crippen molar-refractivity contribution in [1.82, 2.24) is 9.97 Å². The van der Waals surface area contributed by atoms with Gasteiger partial charge in [-0.2, -0.15) is 0 Å². The molecule has 0 aliphatic carbocycles. The van der Waals surface area contributed by atoms with E-state index in [-0.39, 0.29) is 5.91 Å². The van der Waals surface area contributed by atoms with E-state index < -0.39 is 0 Å². The summed E-state index contributed by atoms with van der Waals surface area (Å²) in [6.07, 6.45) is 2.69. The number of nitrogens with two attached hydrogens (primary N) is 1. The predicted molar refractivity (Wildman–Crippen MR) is 40.8 cm³/mol. The van der Waals surface area contributed by atoms with E-state index in [1.807, 2.05) is 6.92 Å². The topological polar surface area (TPSA) is 71.8 Å². The van der Waals surface area contributed by atoms with Gasteiger partial charge < -0.3 is 10.7 Å². The van der Waals surface area contributed by atoms with Crippen molar-refractivity contribution in [3.63, 3.8) is 0 Å². The molecule has 1 aromatic rings. The van der Waals surface area contributed by atoms with Gasteiger partial charge in [0.1, 0.15) is 5.82 Å². The summed E-state index contributed by atoms with van der Waals surface area (Å²) in [5, 5.41) is 0. The number of aromatic amines is 1. The number of aryl methyl sites for hydroxylation is 2. The lowest BCUT2D eigenvalue weighted by Gasteiger charge is -1.91. The van der Waals surface area contributed by atoms with Crippen molar-refractivity contribution in [3.8, 4) is 0 Å². The van der Waals surface area contributed by atoms with Crippen molar-refractivity contribution in [1.29, 1.82) is 0 Å². The van der Waals surface area contributed by atoms with Crippen LogP contribution in [-0.4, -0.2) is 15.9 Å². The Morgan fingerprint density at radius 3 is 3.00 bits per heavy atom. The average Bonchev–Trinajstić information content (AvgIpc) is 2.31. The second-order valence-corrected chi connectivity index (χ2v) is 2.48. The Labute approximate surface area is 64.8 Å². The standard InChI is InChI=1S/C7H11N3O/c1-5-4-9-7(10-5)3-2-6(8)11/h4H,2-3H2,1H3,(H2,8,11)(H,9,10). The van der Waals surface area contributed by atoms with Crippen LogP contribution < -0.4 is 5.73 Å². The highest BCUT2D eigenvalue weighted by Crippen LogP contribution is 1.97. The number of carbonyl (C=O) groups excluding carboxylic acids is 1. The number of hydrogen-bond donors (Lipinski definition) is 2. The summed E-state index contributed by atoms with van der Waals surface area (Å²) >= 11 is 0. The molecule has 0 saturated carbocycles. The minimum absolute atomic E-state index is 0.293. The van der Waals surface area contributed by atoms with Crippen molar-refractivity contribution < 1.29 is 4.79 Å². The molecule has 0 saturated heterocycles. The Bertz CT molecular complexity index is 254. The smallest absolute Gasteiger partial charge is 0.217 e. The molecule has 0 aliphatic rings. The zero-order valence-electron chi connectivity index (χ0n) is 6.42. The van der Waals surface area contributed by atoms with E-state index in [2.05, 4.69) is 9.97 Å². The Morgan fingerprint density at radius 2 is 2.55 bits per heavy atom. The number of rotatable bonds is 3. The Balaban J connectivity index is 2.45. The first-order valence-electron chi connectivity index (χ1n) is 3.47. The Kier molecular flexibility index (Phi) is 2.25. The van der Waals surface area contributed by atoms with Crippen LogP contribution in [0.5, 0.6) is 0 Å². The highest BCUT2D eigenvalue weighted by Gasteiger charge is 1.99. The summed E-state index contributed by atoms with van der Waals surface area (Å²) in [5.41, 5.74) is 5.97. The van der Waals surface area contributed by atoms with Gasteiger partial charge in [0.05, 0.1) is 0 Å². The summed E-state index contributed by atoms with van der Waals surface area (Å²) in [4.78, 5) is 17.4. The molecule has 0 atom stereocenters. The molecule has 0 aromatic carbocycles. The van der Waals surface area contributed by atoms with Gasteiger partial charge in [0.15, 0.2) is 0 Å². The molecule has 1 amide bonds. The molecule has 4 heteroatoms. The molecule has 11 heavy (non-hydrogen) atoms. The summed E-state index contributed by atoms with van der Waals surface area (Å²) in [7, 11) is 0. The molecule has 0 bridgehead atoms. The number of primary amides is 1. The molecule has 1 heterocycles. The maximum atomic E-state index is 10.4. The minimum Gasteiger partial charge on any atom is -0.370 e. The van der Waals surface area contributed by atoms with Crippen molar-refractivity contribution in [3.05, 3.63) is 17.7 Å². The van der Waals surface area contributed by atoms with Gasteiger partial charge in [0.2, 0.25) is 5.91 Å². The van der Waals surface area contributed by atoms with Crippen LogP contribution in [0.3, 0.4) is 0 Å². The third-order valence-electron chi connectivity index (χ3n) is 1.36. The third kappa shape index (κ3) is 2.41. The number of aromatic nitrogens is 2. The van der Waals surface area contributed by atoms with Crippen LogP contribution in [-0.2, 0) is 11.2 Å². The van der Waals surface area contributed by atoms with Crippen LogP contribution in [0, 0.1) is 6.92 Å². The largest absolute Gasteiger partial charge is 0.370 e. The van der Waals surface area contributed by atoms with Gasteiger partial charge in [0, 0.05) is 24.7 Å². The van der Waals surface area contributed by atoms with Gasteiger partial charge in [-0.1, -0.05) is 0 Å². The second-order valence-electron chi connectivity index (χ2n) is 2.48. The first kappa shape index (κ1) is 7.78. The minimum atomic E-state index is -0.293. The molecule has 1 rings (SSSR count). The predicted octanol–water partition coefficient (Wildman–Crippen LogP) is 0.136. The number of nitrogens with zero attached hydrogens (tertiary/aromatic N) is 1. The fraction of sp³-hybridized carbons (Fsp3) is 0.429. The lowest BCUT2D eigenvalue weighted by atomic mass is 10.3. The second kappa shape index (κ2) is 3.18. The molecule has 60 valence electrons. The van der Waals surface area contributed by atoms with Crippen LogP contribution in [0.4, 0.5) is 0 Å². The number of imidazole rings is 1. The van der Waals surface area contributed by atoms with Gasteiger partial charge in [-0.05, 0) is 6.92 Å². The molecular weight excluding hydrogens is 142 g/mol. The summed E-state index contributed by atoms with van der Waals surface area (Å²) in [6, 6.07) is 0. The van der Waals surface area contributed by atoms with Crippen molar-refractivity contribution in [2.75, 3.05) is 0 Å². The fourth-order valence-electron chi connectivity index (χ4n) is 0.836. The molecule has 3 N–H and O–H groups in total. The van der Waals surface area contributed by atoms with Gasteiger partial charge in [-0.15, -0.1) is 0 Å². The van der Waals surface area contributed by atoms with E-state index in [1.54, 1.807) is 6.20 Å². The maximum Gasteiger partial charge on any atom is 0.217 e. The van der Waals surface area contributed by atoms with Crippen LogP contribution in [0.2, 0.25) is 0 Å². The number of nitrogens with one attached hydrogen (secondary N) is 1. The van der Waals surface area contributed by atoms with Crippen molar-refractivity contribution in [2.45, 2.75) is 19.8 Å². The summed E-state index contributed by atoms with van der Waals surface area (Å²) in [6.45, 7) is 1.92. The molecule has 0 unspecified atom stereocenters. The van der Waals surface area contributed by atoms with Gasteiger partial charge in [-0.3, -0.25) is 4.79 Å². The van der Waals surface area contributed by atoms with Crippen LogP contribution in [0.25, 0.3) is 0 Å². The number of amides is 1. The van der Waals surface area contributed by atoms with Crippen LogP contribution in [0.1, 0.15) is 17.9 Å². The molecule has 1 aromatic heterocycles. The fourth-order valence-corrected chi connectivity index (χ4v) is 0.836. The quantitative estimate of drug-likeness (QED) is 0.648. The van der Waals surface area contributed by atoms with Crippen LogP contribution >= 0.6 is 0 Å². The number of hydrogen-bond acceptors (Lipinski definition) is 2. The van der Waals surface area contributed by atoms with Crippen molar-refractivity contribution >= 4 is 5.91 Å². The normalized spacial score (nSPS) is 9.91. The molecule has 0 fully saturated rings. The highest BCUT2D eigenvalue weighted by atomic mass is 16.1. The van der Waals surface area contributed by atoms with Crippen LogP contribution in [0.15, 0.2) is 6.20 Å². The highest BCUT2D eigenvalue weighted by molar-refractivity contribution is 5.73.